The van der Waals surface area contributed by atoms with Crippen LogP contribution in [0.1, 0.15) is 62.3 Å². The first-order valence-corrected chi connectivity index (χ1v) is 9.40. The lowest BCUT2D eigenvalue weighted by molar-refractivity contribution is -0.152. The zero-order valence-electron chi connectivity index (χ0n) is 15.9. The molecule has 2 atom stereocenters. The monoisotopic (exact) mass is 380 g/mol. The fourth-order valence-corrected chi connectivity index (χ4v) is 3.39. The van der Waals surface area contributed by atoms with Gasteiger partial charge in [-0.1, -0.05) is 6.92 Å². The summed E-state index contributed by atoms with van der Waals surface area (Å²) in [6.45, 7) is 10.5. The topological polar surface area (TPSA) is 87.5 Å². The first-order valence-electron chi connectivity index (χ1n) is 8.59. The number of rotatable bonds is 6. The second-order valence-corrected chi connectivity index (χ2v) is 7.48. The maximum Gasteiger partial charge on any atom is 0.348 e. The molecular weight excluding hydrogens is 356 g/mol. The van der Waals surface area contributed by atoms with E-state index < -0.39 is 18.0 Å². The lowest BCUT2D eigenvalue weighted by atomic mass is 10.2. The van der Waals surface area contributed by atoms with Gasteiger partial charge in [0, 0.05) is 0 Å². The van der Waals surface area contributed by atoms with Gasteiger partial charge >= 0.3 is 11.9 Å². The van der Waals surface area contributed by atoms with Gasteiger partial charge in [-0.25, -0.2) is 14.6 Å². The van der Waals surface area contributed by atoms with Gasteiger partial charge in [0.15, 0.2) is 0 Å². The van der Waals surface area contributed by atoms with Crippen molar-refractivity contribution in [2.24, 2.45) is 0 Å². The maximum atomic E-state index is 12.9. The number of fused-ring (bicyclic) bond motifs is 1. The molecule has 0 saturated carbocycles. The number of carbonyl (C=O) groups excluding carboxylic acids is 2. The number of ether oxygens (including phenoxy) is 2. The minimum absolute atomic E-state index is 0.224. The van der Waals surface area contributed by atoms with E-state index in [-0.39, 0.29) is 17.8 Å². The van der Waals surface area contributed by atoms with Crippen LogP contribution in [0.15, 0.2) is 11.1 Å². The van der Waals surface area contributed by atoms with Gasteiger partial charge in [0.1, 0.15) is 15.7 Å². The molecule has 0 aliphatic carbocycles. The minimum atomic E-state index is -0.807. The molecule has 142 valence electrons. The Labute approximate surface area is 155 Å². The van der Waals surface area contributed by atoms with Crippen LogP contribution >= 0.6 is 11.3 Å². The largest absolute Gasteiger partial charge is 0.461 e. The van der Waals surface area contributed by atoms with Gasteiger partial charge in [-0.3, -0.25) is 9.36 Å². The SMILES string of the molecule is CC[C@@H](C)OC(=O)[C@@H](C)n1cnc2sc(C(=O)OC(C)C)c(C)c2c1=O. The van der Waals surface area contributed by atoms with Crippen LogP contribution in [0.3, 0.4) is 0 Å². The van der Waals surface area contributed by atoms with Gasteiger partial charge < -0.3 is 9.47 Å². The molecule has 0 saturated heterocycles. The Morgan fingerprint density at radius 3 is 2.46 bits per heavy atom. The molecule has 26 heavy (non-hydrogen) atoms. The molecule has 8 heteroatoms. The molecule has 0 aliphatic rings. The Hall–Kier alpha value is -2.22. The van der Waals surface area contributed by atoms with Gasteiger partial charge in [0.2, 0.25) is 0 Å². The molecule has 0 amide bonds. The van der Waals surface area contributed by atoms with E-state index in [0.717, 1.165) is 11.3 Å². The lowest BCUT2D eigenvalue weighted by Gasteiger charge is -2.17. The first-order chi connectivity index (χ1) is 12.2. The third kappa shape index (κ3) is 3.95. The zero-order chi connectivity index (χ0) is 19.6. The van der Waals surface area contributed by atoms with Gasteiger partial charge in [-0.05, 0) is 46.6 Å². The van der Waals surface area contributed by atoms with Crippen molar-refractivity contribution in [2.75, 3.05) is 0 Å². The molecule has 0 fully saturated rings. The standard InChI is InChI=1S/C18H24N2O5S/c1-7-10(4)25-17(22)12(6)20-8-19-15-13(16(20)21)11(5)14(26-15)18(23)24-9(2)3/h8-10,12H,7H2,1-6H3/t10-,12-/m1/s1. The molecule has 0 bridgehead atoms. The molecule has 0 unspecified atom stereocenters. The quantitative estimate of drug-likeness (QED) is 0.715. The second-order valence-electron chi connectivity index (χ2n) is 6.48. The number of aryl methyl sites for hydroxylation is 1. The molecule has 0 spiro atoms. The van der Waals surface area contributed by atoms with Gasteiger partial charge in [-0.2, -0.15) is 0 Å². The Kier molecular flexibility index (Phi) is 6.17. The Balaban J connectivity index is 2.45. The number of hydrogen-bond donors (Lipinski definition) is 0. The second kappa shape index (κ2) is 7.99. The van der Waals surface area contributed by atoms with Crippen molar-refractivity contribution in [3.8, 4) is 0 Å². The molecule has 2 heterocycles. The summed E-state index contributed by atoms with van der Waals surface area (Å²) in [7, 11) is 0. The molecule has 7 nitrogen and oxygen atoms in total. The van der Waals surface area contributed by atoms with E-state index in [1.54, 1.807) is 34.6 Å². The molecule has 0 radical (unpaired) electrons. The highest BCUT2D eigenvalue weighted by atomic mass is 32.1. The Morgan fingerprint density at radius 2 is 1.88 bits per heavy atom. The van der Waals surface area contributed by atoms with E-state index in [2.05, 4.69) is 4.98 Å². The van der Waals surface area contributed by atoms with E-state index in [0.29, 0.717) is 27.1 Å². The van der Waals surface area contributed by atoms with Crippen LogP contribution in [-0.4, -0.2) is 33.7 Å². The molecule has 2 aromatic rings. The van der Waals surface area contributed by atoms with Crippen molar-refractivity contribution in [1.82, 2.24) is 9.55 Å². The van der Waals surface area contributed by atoms with E-state index in [1.807, 2.05) is 6.92 Å². The van der Waals surface area contributed by atoms with Gasteiger partial charge in [0.25, 0.3) is 5.56 Å². The predicted molar refractivity (Wildman–Crippen MR) is 99.7 cm³/mol. The molecule has 2 aromatic heterocycles. The summed E-state index contributed by atoms with van der Waals surface area (Å²) >= 11 is 1.12. The summed E-state index contributed by atoms with van der Waals surface area (Å²) in [6.07, 6.45) is 1.53. The van der Waals surface area contributed by atoms with E-state index >= 15 is 0 Å². The summed E-state index contributed by atoms with van der Waals surface area (Å²) in [5.74, 6) is -0.967. The summed E-state index contributed by atoms with van der Waals surface area (Å²) < 4.78 is 11.8. The lowest BCUT2D eigenvalue weighted by Crippen LogP contribution is -2.31. The van der Waals surface area contributed by atoms with Gasteiger partial charge in [0.05, 0.1) is 23.9 Å². The van der Waals surface area contributed by atoms with Crippen molar-refractivity contribution in [3.63, 3.8) is 0 Å². The molecule has 0 aliphatic heterocycles. The van der Waals surface area contributed by atoms with Crippen LogP contribution in [0, 0.1) is 6.92 Å². The number of carbonyl (C=O) groups is 2. The third-order valence-electron chi connectivity index (χ3n) is 4.05. The van der Waals surface area contributed by atoms with E-state index in [4.69, 9.17) is 9.47 Å². The first kappa shape index (κ1) is 20.1. The highest BCUT2D eigenvalue weighted by Crippen LogP contribution is 2.28. The fourth-order valence-electron chi connectivity index (χ4n) is 2.37. The van der Waals surface area contributed by atoms with E-state index in [1.165, 1.54) is 10.9 Å². The van der Waals surface area contributed by atoms with Crippen LogP contribution in [0.2, 0.25) is 0 Å². The number of hydrogen-bond acceptors (Lipinski definition) is 7. The maximum absolute atomic E-state index is 12.9. The van der Waals surface area contributed by atoms with Crippen LogP contribution < -0.4 is 5.56 Å². The van der Waals surface area contributed by atoms with Crippen molar-refractivity contribution in [1.29, 1.82) is 0 Å². The van der Waals surface area contributed by atoms with Crippen molar-refractivity contribution < 1.29 is 19.1 Å². The van der Waals surface area contributed by atoms with Crippen molar-refractivity contribution in [2.45, 2.75) is 66.2 Å². The zero-order valence-corrected chi connectivity index (χ0v) is 16.7. The predicted octanol–water partition coefficient (Wildman–Crippen LogP) is 3.23. The van der Waals surface area contributed by atoms with Crippen LogP contribution in [0.25, 0.3) is 10.2 Å². The molecular formula is C18H24N2O5S. The number of esters is 2. The van der Waals surface area contributed by atoms with Crippen LogP contribution in [0.4, 0.5) is 0 Å². The fraction of sp³-hybridized carbons (Fsp3) is 0.556. The summed E-state index contributed by atoms with van der Waals surface area (Å²) in [5.41, 5.74) is 0.144. The number of aromatic nitrogens is 2. The highest BCUT2D eigenvalue weighted by molar-refractivity contribution is 7.20. The molecule has 0 aromatic carbocycles. The number of nitrogens with zero attached hydrogens (tertiary/aromatic N) is 2. The minimum Gasteiger partial charge on any atom is -0.461 e. The van der Waals surface area contributed by atoms with E-state index in [9.17, 15) is 14.4 Å². The van der Waals surface area contributed by atoms with Crippen molar-refractivity contribution >= 4 is 33.5 Å². The molecule has 0 N–H and O–H groups in total. The molecule has 2 rings (SSSR count). The number of thiophene rings is 1. The van der Waals surface area contributed by atoms with Crippen LogP contribution in [-0.2, 0) is 14.3 Å². The normalized spacial score (nSPS) is 13.7. The summed E-state index contributed by atoms with van der Waals surface area (Å²) in [6, 6.07) is -0.807. The smallest absolute Gasteiger partial charge is 0.348 e. The summed E-state index contributed by atoms with van der Waals surface area (Å²) in [4.78, 5) is 42.4. The van der Waals surface area contributed by atoms with Crippen LogP contribution in [0.5, 0.6) is 0 Å². The third-order valence-corrected chi connectivity index (χ3v) is 5.23. The van der Waals surface area contributed by atoms with Crippen molar-refractivity contribution in [3.05, 3.63) is 27.1 Å². The average molecular weight is 380 g/mol. The average Bonchev–Trinajstić information content (AvgIpc) is 2.91. The highest BCUT2D eigenvalue weighted by Gasteiger charge is 2.25. The van der Waals surface area contributed by atoms with Gasteiger partial charge in [-0.15, -0.1) is 11.3 Å². The Morgan fingerprint density at radius 1 is 1.23 bits per heavy atom. The summed E-state index contributed by atoms with van der Waals surface area (Å²) in [5, 5.41) is 0.330. The Bertz CT molecular complexity index is 884.